The molecule has 0 spiro atoms. The van der Waals surface area contributed by atoms with E-state index in [2.05, 4.69) is 36.2 Å². The van der Waals surface area contributed by atoms with Crippen LogP contribution in [0.2, 0.25) is 0 Å². The largest absolute Gasteiger partial charge is 0.381 e. The van der Waals surface area contributed by atoms with Crippen LogP contribution in [0.1, 0.15) is 45.5 Å². The van der Waals surface area contributed by atoms with Gasteiger partial charge < -0.3 is 14.8 Å². The third kappa shape index (κ3) is 3.62. The number of ether oxygens (including phenoxy) is 2. The van der Waals surface area contributed by atoms with E-state index in [0.29, 0.717) is 6.04 Å². The highest BCUT2D eigenvalue weighted by Gasteiger charge is 2.41. The van der Waals surface area contributed by atoms with E-state index in [4.69, 9.17) is 9.47 Å². The van der Waals surface area contributed by atoms with Gasteiger partial charge in [-0.25, -0.2) is 9.67 Å². The molecule has 0 saturated carbocycles. The molecule has 21 heavy (non-hydrogen) atoms. The number of aromatic nitrogens is 3. The molecule has 0 amide bonds. The van der Waals surface area contributed by atoms with E-state index in [1.54, 1.807) is 6.33 Å². The number of likely N-dealkylation sites (N-methyl/N-ethyl adjacent to an activating group) is 1. The highest BCUT2D eigenvalue weighted by atomic mass is 16.5. The molecule has 2 heterocycles. The summed E-state index contributed by atoms with van der Waals surface area (Å²) in [6.45, 7) is 8.54. The lowest BCUT2D eigenvalue weighted by atomic mass is 9.84. The van der Waals surface area contributed by atoms with Gasteiger partial charge in [-0.05, 0) is 27.8 Å². The van der Waals surface area contributed by atoms with E-state index in [9.17, 15) is 0 Å². The molecule has 0 aromatic carbocycles. The quantitative estimate of drug-likeness (QED) is 0.827. The first-order valence-electron chi connectivity index (χ1n) is 7.90. The maximum Gasteiger partial charge on any atom is 0.138 e. The van der Waals surface area contributed by atoms with Crippen LogP contribution in [-0.4, -0.2) is 53.3 Å². The maximum absolute atomic E-state index is 6.17. The molecule has 1 unspecified atom stereocenters. The Bertz CT molecular complexity index is 422. The van der Waals surface area contributed by atoms with Crippen molar-refractivity contribution in [2.75, 3.05) is 26.9 Å². The summed E-state index contributed by atoms with van der Waals surface area (Å²) >= 11 is 0. The monoisotopic (exact) mass is 296 g/mol. The van der Waals surface area contributed by atoms with Gasteiger partial charge in [0.05, 0.1) is 5.60 Å². The highest BCUT2D eigenvalue weighted by Crippen LogP contribution is 2.30. The molecule has 1 atom stereocenters. The summed E-state index contributed by atoms with van der Waals surface area (Å²) in [5.41, 5.74) is -0.171. The summed E-state index contributed by atoms with van der Waals surface area (Å²) in [6, 6.07) is 0.529. The molecule has 1 aromatic rings. The van der Waals surface area contributed by atoms with Gasteiger partial charge in [0, 0.05) is 51.2 Å². The Morgan fingerprint density at radius 2 is 2.14 bits per heavy atom. The first-order chi connectivity index (χ1) is 10.1. The predicted molar refractivity (Wildman–Crippen MR) is 81.4 cm³/mol. The van der Waals surface area contributed by atoms with Gasteiger partial charge in [-0.2, -0.15) is 5.10 Å². The summed E-state index contributed by atoms with van der Waals surface area (Å²) in [5.74, 6) is 1.01. The minimum atomic E-state index is -0.171. The van der Waals surface area contributed by atoms with Crippen LogP contribution in [0.3, 0.4) is 0 Å². The van der Waals surface area contributed by atoms with Crippen molar-refractivity contribution >= 4 is 0 Å². The lowest BCUT2D eigenvalue weighted by Gasteiger charge is -2.43. The Hall–Kier alpha value is -0.980. The van der Waals surface area contributed by atoms with Crippen LogP contribution < -0.4 is 5.32 Å². The minimum absolute atomic E-state index is 0.171. The molecule has 2 rings (SSSR count). The van der Waals surface area contributed by atoms with Crippen molar-refractivity contribution in [3.05, 3.63) is 12.2 Å². The van der Waals surface area contributed by atoms with Gasteiger partial charge in [-0.1, -0.05) is 0 Å². The van der Waals surface area contributed by atoms with Crippen LogP contribution in [0.4, 0.5) is 0 Å². The number of hydrogen-bond acceptors (Lipinski definition) is 5. The average Bonchev–Trinajstić information content (AvgIpc) is 2.94. The Morgan fingerprint density at radius 3 is 2.71 bits per heavy atom. The zero-order valence-corrected chi connectivity index (χ0v) is 13.6. The van der Waals surface area contributed by atoms with Crippen molar-refractivity contribution in [3.63, 3.8) is 0 Å². The normalized spacial score (nSPS) is 19.9. The van der Waals surface area contributed by atoms with Gasteiger partial charge in [0.2, 0.25) is 0 Å². The van der Waals surface area contributed by atoms with Crippen molar-refractivity contribution in [1.29, 1.82) is 0 Å². The Kier molecular flexibility index (Phi) is 5.72. The number of nitrogens with one attached hydrogen (secondary N) is 1. The van der Waals surface area contributed by atoms with Crippen molar-refractivity contribution in [2.24, 2.45) is 0 Å². The van der Waals surface area contributed by atoms with E-state index in [1.165, 1.54) is 0 Å². The van der Waals surface area contributed by atoms with E-state index < -0.39 is 0 Å². The molecule has 0 aliphatic carbocycles. The fraction of sp³-hybridized carbons (Fsp3) is 0.867. The first-order valence-corrected chi connectivity index (χ1v) is 7.90. The first kappa shape index (κ1) is 16.4. The maximum atomic E-state index is 6.17. The summed E-state index contributed by atoms with van der Waals surface area (Å²) < 4.78 is 13.7. The average molecular weight is 296 g/mol. The third-order valence-corrected chi connectivity index (χ3v) is 4.28. The minimum Gasteiger partial charge on any atom is -0.381 e. The smallest absolute Gasteiger partial charge is 0.138 e. The summed E-state index contributed by atoms with van der Waals surface area (Å²) in [4.78, 5) is 4.44. The van der Waals surface area contributed by atoms with Crippen molar-refractivity contribution in [3.8, 4) is 0 Å². The molecular formula is C15H28N4O2. The zero-order chi connectivity index (χ0) is 15.3. The molecule has 1 aliphatic heterocycles. The highest BCUT2D eigenvalue weighted by molar-refractivity contribution is 5.01. The van der Waals surface area contributed by atoms with Crippen molar-refractivity contribution in [1.82, 2.24) is 20.1 Å². The topological polar surface area (TPSA) is 61.2 Å². The van der Waals surface area contributed by atoms with Crippen LogP contribution in [-0.2, 0) is 15.9 Å². The van der Waals surface area contributed by atoms with Crippen LogP contribution in [0.25, 0.3) is 0 Å². The van der Waals surface area contributed by atoms with Gasteiger partial charge in [0.1, 0.15) is 12.2 Å². The SMILES string of the molecule is CCOC1(C(Cc2ncnn2C(C)C)NC)CCOCC1. The molecule has 6 nitrogen and oxygen atoms in total. The van der Waals surface area contributed by atoms with E-state index in [0.717, 1.165) is 44.9 Å². The Morgan fingerprint density at radius 1 is 1.43 bits per heavy atom. The Balaban J connectivity index is 2.18. The van der Waals surface area contributed by atoms with Crippen LogP contribution in [0.5, 0.6) is 0 Å². The van der Waals surface area contributed by atoms with Gasteiger partial charge in [-0.15, -0.1) is 0 Å². The van der Waals surface area contributed by atoms with E-state index in [1.807, 2.05) is 11.7 Å². The number of nitrogens with zero attached hydrogens (tertiary/aromatic N) is 3. The second-order valence-electron chi connectivity index (χ2n) is 5.87. The fourth-order valence-electron chi connectivity index (χ4n) is 3.18. The second kappa shape index (κ2) is 7.33. The number of hydrogen-bond donors (Lipinski definition) is 1. The van der Waals surface area contributed by atoms with E-state index in [-0.39, 0.29) is 11.6 Å². The standard InChI is InChI=1S/C15H28N4O2/c1-5-21-15(6-8-20-9-7-15)13(16-4)10-14-17-11-18-19(14)12(2)3/h11-13,16H,5-10H2,1-4H3. The lowest BCUT2D eigenvalue weighted by molar-refractivity contribution is -0.125. The van der Waals surface area contributed by atoms with Gasteiger partial charge >= 0.3 is 0 Å². The lowest BCUT2D eigenvalue weighted by Crippen LogP contribution is -2.56. The van der Waals surface area contributed by atoms with Gasteiger partial charge in [0.25, 0.3) is 0 Å². The van der Waals surface area contributed by atoms with Crippen molar-refractivity contribution in [2.45, 2.75) is 57.7 Å². The molecule has 0 bridgehead atoms. The molecule has 1 aromatic heterocycles. The fourth-order valence-corrected chi connectivity index (χ4v) is 3.18. The molecule has 6 heteroatoms. The van der Waals surface area contributed by atoms with Crippen LogP contribution >= 0.6 is 0 Å². The third-order valence-electron chi connectivity index (χ3n) is 4.28. The van der Waals surface area contributed by atoms with Gasteiger partial charge in [0.15, 0.2) is 0 Å². The zero-order valence-electron chi connectivity index (χ0n) is 13.6. The van der Waals surface area contributed by atoms with E-state index >= 15 is 0 Å². The molecule has 1 aliphatic rings. The van der Waals surface area contributed by atoms with Crippen LogP contribution in [0, 0.1) is 0 Å². The second-order valence-corrected chi connectivity index (χ2v) is 5.87. The number of rotatable bonds is 7. The van der Waals surface area contributed by atoms with Gasteiger partial charge in [-0.3, -0.25) is 0 Å². The summed E-state index contributed by atoms with van der Waals surface area (Å²) in [7, 11) is 2.00. The molecule has 120 valence electrons. The molecule has 0 radical (unpaired) electrons. The summed E-state index contributed by atoms with van der Waals surface area (Å²) in [6.07, 6.45) is 4.29. The van der Waals surface area contributed by atoms with Crippen LogP contribution in [0.15, 0.2) is 6.33 Å². The molecule has 1 saturated heterocycles. The molecule has 1 fully saturated rings. The molecule has 1 N–H and O–H groups in total. The summed E-state index contributed by atoms with van der Waals surface area (Å²) in [5, 5.41) is 7.77. The Labute approximate surface area is 127 Å². The molecular weight excluding hydrogens is 268 g/mol. The van der Waals surface area contributed by atoms with Crippen molar-refractivity contribution < 1.29 is 9.47 Å². The predicted octanol–water partition coefficient (Wildman–Crippen LogP) is 1.58.